The number of nitrogens with zero attached hydrogens (tertiary/aromatic N) is 2. The molecule has 0 saturated heterocycles. The number of thiophene rings is 1. The molecule has 0 aliphatic rings. The van der Waals surface area contributed by atoms with Crippen molar-refractivity contribution >= 4 is 17.2 Å². The van der Waals surface area contributed by atoms with Crippen LogP contribution in [0.3, 0.4) is 0 Å². The van der Waals surface area contributed by atoms with Gasteiger partial charge in [-0.05, 0) is 11.4 Å². The Morgan fingerprint density at radius 3 is 2.94 bits per heavy atom. The lowest BCUT2D eigenvalue weighted by atomic mass is 10.2. The molecule has 0 aromatic carbocycles. The SMILES string of the molecule is CC(C)c1nnc(CCNC(=O)c2cccs2)o1. The summed E-state index contributed by atoms with van der Waals surface area (Å²) in [5, 5.41) is 12.6. The number of hydrogen-bond donors (Lipinski definition) is 1. The molecule has 0 aliphatic heterocycles. The zero-order valence-corrected chi connectivity index (χ0v) is 11.2. The first-order valence-electron chi connectivity index (χ1n) is 5.81. The summed E-state index contributed by atoms with van der Waals surface area (Å²) in [5.74, 6) is 1.36. The number of aromatic nitrogens is 2. The molecular weight excluding hydrogens is 250 g/mol. The van der Waals surface area contributed by atoms with Gasteiger partial charge >= 0.3 is 0 Å². The van der Waals surface area contributed by atoms with Gasteiger partial charge in [-0.25, -0.2) is 0 Å². The van der Waals surface area contributed by atoms with E-state index in [0.29, 0.717) is 29.6 Å². The molecule has 0 unspecified atom stereocenters. The molecule has 1 amide bonds. The summed E-state index contributed by atoms with van der Waals surface area (Å²) in [6.07, 6.45) is 0.552. The van der Waals surface area contributed by atoms with Crippen molar-refractivity contribution in [1.82, 2.24) is 15.5 Å². The molecule has 96 valence electrons. The third-order valence-electron chi connectivity index (χ3n) is 2.35. The average Bonchev–Trinajstić information content (AvgIpc) is 3.00. The Kier molecular flexibility index (Phi) is 4.09. The van der Waals surface area contributed by atoms with Crippen LogP contribution in [0.25, 0.3) is 0 Å². The Morgan fingerprint density at radius 1 is 1.50 bits per heavy atom. The fraction of sp³-hybridized carbons (Fsp3) is 0.417. The molecule has 2 rings (SSSR count). The Morgan fingerprint density at radius 2 is 2.33 bits per heavy atom. The second-order valence-corrected chi connectivity index (χ2v) is 5.12. The van der Waals surface area contributed by atoms with Crippen molar-refractivity contribution in [3.63, 3.8) is 0 Å². The molecule has 0 atom stereocenters. The molecule has 18 heavy (non-hydrogen) atoms. The first-order valence-corrected chi connectivity index (χ1v) is 6.68. The summed E-state index contributed by atoms with van der Waals surface area (Å²) in [5.41, 5.74) is 0. The Labute approximate surface area is 109 Å². The van der Waals surface area contributed by atoms with Gasteiger partial charge in [0, 0.05) is 18.9 Å². The maximum atomic E-state index is 11.6. The zero-order chi connectivity index (χ0) is 13.0. The lowest BCUT2D eigenvalue weighted by Crippen LogP contribution is -2.24. The predicted octanol–water partition coefficient (Wildman–Crippen LogP) is 2.23. The highest BCUT2D eigenvalue weighted by atomic mass is 32.1. The van der Waals surface area contributed by atoms with E-state index in [1.165, 1.54) is 11.3 Å². The van der Waals surface area contributed by atoms with Crippen LogP contribution in [0.5, 0.6) is 0 Å². The van der Waals surface area contributed by atoms with Crippen molar-refractivity contribution in [1.29, 1.82) is 0 Å². The molecule has 2 aromatic rings. The molecule has 2 aromatic heterocycles. The van der Waals surface area contributed by atoms with Crippen molar-refractivity contribution in [3.05, 3.63) is 34.2 Å². The van der Waals surface area contributed by atoms with Crippen LogP contribution in [0.1, 0.15) is 41.2 Å². The van der Waals surface area contributed by atoms with E-state index >= 15 is 0 Å². The standard InChI is InChI=1S/C12H15N3O2S/c1-8(2)12-15-14-10(17-12)5-6-13-11(16)9-4-3-7-18-9/h3-4,7-8H,5-6H2,1-2H3,(H,13,16). The minimum atomic E-state index is -0.0615. The van der Waals surface area contributed by atoms with Gasteiger partial charge < -0.3 is 9.73 Å². The third-order valence-corrected chi connectivity index (χ3v) is 3.21. The topological polar surface area (TPSA) is 68.0 Å². The van der Waals surface area contributed by atoms with Crippen LogP contribution >= 0.6 is 11.3 Å². The number of rotatable bonds is 5. The van der Waals surface area contributed by atoms with E-state index in [1.807, 2.05) is 25.3 Å². The third kappa shape index (κ3) is 3.16. The molecule has 2 heterocycles. The molecule has 0 aliphatic carbocycles. The number of nitrogens with one attached hydrogen (secondary N) is 1. The van der Waals surface area contributed by atoms with Gasteiger partial charge in [-0.1, -0.05) is 19.9 Å². The van der Waals surface area contributed by atoms with Crippen molar-refractivity contribution in [3.8, 4) is 0 Å². The van der Waals surface area contributed by atoms with E-state index in [-0.39, 0.29) is 11.8 Å². The Bertz CT molecular complexity index is 505. The predicted molar refractivity (Wildman–Crippen MR) is 68.7 cm³/mol. The molecule has 0 bridgehead atoms. The summed E-state index contributed by atoms with van der Waals surface area (Å²) in [6, 6.07) is 3.65. The van der Waals surface area contributed by atoms with Gasteiger partial charge in [0.2, 0.25) is 11.8 Å². The fourth-order valence-corrected chi connectivity index (χ4v) is 2.02. The molecule has 1 N–H and O–H groups in total. The summed E-state index contributed by atoms with van der Waals surface area (Å²) >= 11 is 1.42. The monoisotopic (exact) mass is 265 g/mol. The van der Waals surface area contributed by atoms with Crippen LogP contribution < -0.4 is 5.32 Å². The number of amides is 1. The van der Waals surface area contributed by atoms with Crippen molar-refractivity contribution in [2.75, 3.05) is 6.54 Å². The van der Waals surface area contributed by atoms with E-state index in [1.54, 1.807) is 6.07 Å². The van der Waals surface area contributed by atoms with Crippen LogP contribution in [0.15, 0.2) is 21.9 Å². The largest absolute Gasteiger partial charge is 0.425 e. The van der Waals surface area contributed by atoms with Crippen LogP contribution in [0.4, 0.5) is 0 Å². The van der Waals surface area contributed by atoms with Gasteiger partial charge in [0.25, 0.3) is 5.91 Å². The number of hydrogen-bond acceptors (Lipinski definition) is 5. The van der Waals surface area contributed by atoms with Crippen molar-refractivity contribution in [2.45, 2.75) is 26.2 Å². The number of carbonyl (C=O) groups is 1. The number of carbonyl (C=O) groups excluding carboxylic acids is 1. The smallest absolute Gasteiger partial charge is 0.261 e. The minimum Gasteiger partial charge on any atom is -0.425 e. The van der Waals surface area contributed by atoms with Gasteiger partial charge in [-0.3, -0.25) is 4.79 Å². The summed E-state index contributed by atoms with van der Waals surface area (Å²) in [7, 11) is 0. The lowest BCUT2D eigenvalue weighted by Gasteiger charge is -2.00. The van der Waals surface area contributed by atoms with Crippen molar-refractivity contribution in [2.24, 2.45) is 0 Å². The molecule has 0 radical (unpaired) electrons. The van der Waals surface area contributed by atoms with Gasteiger partial charge in [-0.2, -0.15) is 0 Å². The quantitative estimate of drug-likeness (QED) is 0.900. The first kappa shape index (κ1) is 12.8. The molecule has 6 heteroatoms. The molecular formula is C12H15N3O2S. The van der Waals surface area contributed by atoms with E-state index in [4.69, 9.17) is 4.42 Å². The summed E-state index contributed by atoms with van der Waals surface area (Å²) in [4.78, 5) is 12.4. The second kappa shape index (κ2) is 5.77. The highest BCUT2D eigenvalue weighted by Gasteiger charge is 2.10. The van der Waals surface area contributed by atoms with Gasteiger partial charge in [0.05, 0.1) is 4.88 Å². The first-order chi connectivity index (χ1) is 8.66. The van der Waals surface area contributed by atoms with Crippen LogP contribution in [-0.2, 0) is 6.42 Å². The van der Waals surface area contributed by atoms with Gasteiger partial charge in [-0.15, -0.1) is 21.5 Å². The molecule has 0 saturated carbocycles. The summed E-state index contributed by atoms with van der Waals surface area (Å²) < 4.78 is 5.45. The average molecular weight is 265 g/mol. The van der Waals surface area contributed by atoms with Gasteiger partial charge in [0.15, 0.2) is 0 Å². The lowest BCUT2D eigenvalue weighted by molar-refractivity contribution is 0.0957. The Hall–Kier alpha value is -1.69. The maximum Gasteiger partial charge on any atom is 0.261 e. The second-order valence-electron chi connectivity index (χ2n) is 4.17. The highest BCUT2D eigenvalue weighted by Crippen LogP contribution is 2.12. The fourth-order valence-electron chi connectivity index (χ4n) is 1.38. The van der Waals surface area contributed by atoms with E-state index in [9.17, 15) is 4.79 Å². The normalized spacial score (nSPS) is 10.8. The molecule has 0 spiro atoms. The molecule has 0 fully saturated rings. The zero-order valence-electron chi connectivity index (χ0n) is 10.3. The van der Waals surface area contributed by atoms with Gasteiger partial charge in [0.1, 0.15) is 0 Å². The van der Waals surface area contributed by atoms with Crippen LogP contribution in [0.2, 0.25) is 0 Å². The molecule has 5 nitrogen and oxygen atoms in total. The minimum absolute atomic E-state index is 0.0615. The summed E-state index contributed by atoms with van der Waals surface area (Å²) in [6.45, 7) is 4.49. The Balaban J connectivity index is 1.79. The van der Waals surface area contributed by atoms with E-state index in [0.717, 1.165) is 0 Å². The van der Waals surface area contributed by atoms with Crippen molar-refractivity contribution < 1.29 is 9.21 Å². The highest BCUT2D eigenvalue weighted by molar-refractivity contribution is 7.12. The van der Waals surface area contributed by atoms with Crippen LogP contribution in [0, 0.1) is 0 Å². The van der Waals surface area contributed by atoms with E-state index < -0.39 is 0 Å². The van der Waals surface area contributed by atoms with Crippen LogP contribution in [-0.4, -0.2) is 22.6 Å². The van der Waals surface area contributed by atoms with E-state index in [2.05, 4.69) is 15.5 Å². The maximum absolute atomic E-state index is 11.6.